The van der Waals surface area contributed by atoms with E-state index in [-0.39, 0.29) is 29.3 Å². The van der Waals surface area contributed by atoms with Crippen molar-refractivity contribution in [2.75, 3.05) is 27.2 Å². The first kappa shape index (κ1) is 24.4. The Kier molecular flexibility index (Phi) is 5.79. The molecular weight excluding hydrogens is 488 g/mol. The largest absolute Gasteiger partial charge is 0.508 e. The minimum atomic E-state index is -0.134. The summed E-state index contributed by atoms with van der Waals surface area (Å²) in [7, 11) is 3.98. The molecule has 0 aromatic heterocycles. The Labute approximate surface area is 229 Å². The average Bonchev–Trinajstić information content (AvgIpc) is 3.30. The predicted molar refractivity (Wildman–Crippen MR) is 150 cm³/mol. The van der Waals surface area contributed by atoms with Crippen LogP contribution in [0.3, 0.4) is 0 Å². The number of nitrogens with zero attached hydrogens (tertiary/aromatic N) is 1. The molecule has 1 saturated heterocycles. The first-order valence-electron chi connectivity index (χ1n) is 13.9. The van der Waals surface area contributed by atoms with Crippen molar-refractivity contribution >= 4 is 5.91 Å². The number of nitrogens with one attached hydrogen (secondary N) is 1. The summed E-state index contributed by atoms with van der Waals surface area (Å²) in [5, 5.41) is 12.7. The first-order chi connectivity index (χ1) is 19.0. The molecule has 2 aliphatic heterocycles. The van der Waals surface area contributed by atoms with Crippen LogP contribution in [0.5, 0.6) is 11.5 Å². The van der Waals surface area contributed by atoms with Gasteiger partial charge >= 0.3 is 0 Å². The van der Waals surface area contributed by atoms with Gasteiger partial charge in [-0.2, -0.15) is 0 Å². The number of phenols is 1. The molecule has 7 rings (SSSR count). The molecule has 2 N–H and O–H groups in total. The highest BCUT2D eigenvalue weighted by Crippen LogP contribution is 2.61. The van der Waals surface area contributed by atoms with Crippen molar-refractivity contribution in [3.63, 3.8) is 0 Å². The van der Waals surface area contributed by atoms with Crippen LogP contribution < -0.4 is 10.1 Å². The van der Waals surface area contributed by atoms with E-state index in [0.29, 0.717) is 24.1 Å². The third kappa shape index (κ3) is 3.73. The average molecular weight is 523 g/mol. The zero-order chi connectivity index (χ0) is 26.7. The van der Waals surface area contributed by atoms with E-state index in [1.807, 2.05) is 18.2 Å². The summed E-state index contributed by atoms with van der Waals surface area (Å²) in [5.41, 5.74) is 6.37. The van der Waals surface area contributed by atoms with E-state index < -0.39 is 0 Å². The molecule has 0 radical (unpaired) electrons. The van der Waals surface area contributed by atoms with Crippen molar-refractivity contribution in [1.82, 2.24) is 10.2 Å². The number of ether oxygens (including phenoxy) is 2. The highest BCUT2D eigenvalue weighted by atomic mass is 16.5. The lowest BCUT2D eigenvalue weighted by Gasteiger charge is -2.56. The van der Waals surface area contributed by atoms with Crippen molar-refractivity contribution < 1.29 is 19.4 Å². The highest BCUT2D eigenvalue weighted by molar-refractivity contribution is 5.98. The Morgan fingerprint density at radius 1 is 1.08 bits per heavy atom. The maximum atomic E-state index is 13.5. The Balaban J connectivity index is 1.10. The van der Waals surface area contributed by atoms with Crippen LogP contribution in [0, 0.1) is 5.92 Å². The molecule has 2 heterocycles. The zero-order valence-corrected chi connectivity index (χ0v) is 22.4. The van der Waals surface area contributed by atoms with E-state index in [1.165, 1.54) is 11.1 Å². The smallest absolute Gasteiger partial charge is 0.255 e. The first-order valence-corrected chi connectivity index (χ1v) is 13.9. The summed E-state index contributed by atoms with van der Waals surface area (Å²) in [6.45, 7) is 1.56. The third-order valence-corrected chi connectivity index (χ3v) is 9.52. The number of rotatable bonds is 6. The second kappa shape index (κ2) is 9.25. The van der Waals surface area contributed by atoms with Crippen LogP contribution >= 0.6 is 0 Å². The van der Waals surface area contributed by atoms with Gasteiger partial charge in [-0.3, -0.25) is 4.79 Å². The molecule has 3 aromatic carbocycles. The van der Waals surface area contributed by atoms with Gasteiger partial charge in [0.15, 0.2) is 0 Å². The topological polar surface area (TPSA) is 71.0 Å². The molecule has 1 spiro atoms. The van der Waals surface area contributed by atoms with E-state index in [9.17, 15) is 9.90 Å². The second-order valence-electron chi connectivity index (χ2n) is 11.4. The standard InChI is InChI=1S/C33H34N2O4/c1-35-18-16-33-26-13-14-28(38-2)31(33)39-30-25(12-9-23(29(30)33)19-27(26)35)32(37)34-17-15-20-3-5-21(6-4-20)22-7-10-24(36)11-8-22/h3-14,26-28,31,36H,15-19H2,1-2H3,(H,34,37). The number of phenolic OH excluding ortho intramolecular Hbond substituents is 1. The summed E-state index contributed by atoms with van der Waals surface area (Å²) in [4.78, 5) is 16.0. The summed E-state index contributed by atoms with van der Waals surface area (Å²) < 4.78 is 12.6. The molecule has 6 nitrogen and oxygen atoms in total. The van der Waals surface area contributed by atoms with Crippen molar-refractivity contribution in [1.29, 1.82) is 0 Å². The molecule has 3 aromatic rings. The van der Waals surface area contributed by atoms with Gasteiger partial charge in [-0.25, -0.2) is 0 Å². The van der Waals surface area contributed by atoms with Crippen LogP contribution in [0.25, 0.3) is 11.1 Å². The van der Waals surface area contributed by atoms with E-state index >= 15 is 0 Å². The highest BCUT2D eigenvalue weighted by Gasteiger charge is 2.64. The van der Waals surface area contributed by atoms with E-state index in [2.05, 4.69) is 59.7 Å². The molecule has 2 bridgehead atoms. The Hall–Kier alpha value is -3.61. The maximum Gasteiger partial charge on any atom is 0.255 e. The number of hydrogen-bond donors (Lipinski definition) is 2. The summed E-state index contributed by atoms with van der Waals surface area (Å²) in [5.74, 6) is 1.31. The lowest BCUT2D eigenvalue weighted by molar-refractivity contribution is -0.0580. The normalized spacial score (nSPS) is 28.1. The van der Waals surface area contributed by atoms with Crippen LogP contribution in [-0.2, 0) is 23.0 Å². The van der Waals surface area contributed by atoms with Crippen molar-refractivity contribution in [2.45, 2.75) is 42.9 Å². The van der Waals surface area contributed by atoms with Crippen molar-refractivity contribution in [3.8, 4) is 22.6 Å². The molecule has 6 heteroatoms. The van der Waals surface area contributed by atoms with Gasteiger partial charge < -0.3 is 24.8 Å². The number of benzene rings is 3. The number of amides is 1. The fraction of sp³-hybridized carbons (Fsp3) is 0.364. The molecule has 0 saturated carbocycles. The van der Waals surface area contributed by atoms with Crippen LogP contribution in [0.2, 0.25) is 0 Å². The quantitative estimate of drug-likeness (QED) is 0.467. The van der Waals surface area contributed by atoms with E-state index in [1.54, 1.807) is 19.2 Å². The fourth-order valence-corrected chi connectivity index (χ4v) is 7.55. The van der Waals surface area contributed by atoms with Gasteiger partial charge in [-0.1, -0.05) is 54.6 Å². The molecule has 5 atom stereocenters. The number of likely N-dealkylation sites (N-methyl/N-ethyl adjacent to an activating group) is 1. The SMILES string of the molecule is COC1C=CC2C3Cc4ccc(C(=O)NCCc5ccc(-c6ccc(O)cc6)cc5)c5c4C2(CCN3C)C1O5. The van der Waals surface area contributed by atoms with Crippen LogP contribution in [-0.4, -0.2) is 61.4 Å². The van der Waals surface area contributed by atoms with Crippen LogP contribution in [0.15, 0.2) is 72.8 Å². The molecule has 1 amide bonds. The van der Waals surface area contributed by atoms with Crippen LogP contribution in [0.4, 0.5) is 0 Å². The number of carbonyl (C=O) groups is 1. The molecular formula is C33H34N2O4. The van der Waals surface area contributed by atoms with Gasteiger partial charge in [0.2, 0.25) is 0 Å². The predicted octanol–water partition coefficient (Wildman–Crippen LogP) is 4.49. The molecule has 2 aliphatic carbocycles. The van der Waals surface area contributed by atoms with Gasteiger partial charge in [-0.05, 0) is 73.3 Å². The van der Waals surface area contributed by atoms with Gasteiger partial charge in [-0.15, -0.1) is 0 Å². The van der Waals surface area contributed by atoms with Crippen molar-refractivity contribution in [2.24, 2.45) is 5.92 Å². The Morgan fingerprint density at radius 3 is 2.56 bits per heavy atom. The lowest BCUT2D eigenvalue weighted by atomic mass is 9.53. The molecule has 4 aliphatic rings. The van der Waals surface area contributed by atoms with E-state index in [0.717, 1.165) is 48.2 Å². The fourth-order valence-electron chi connectivity index (χ4n) is 7.55. The second-order valence-corrected chi connectivity index (χ2v) is 11.4. The Bertz CT molecular complexity index is 1450. The van der Waals surface area contributed by atoms with Gasteiger partial charge in [0.25, 0.3) is 5.91 Å². The van der Waals surface area contributed by atoms with Gasteiger partial charge in [0.05, 0.1) is 5.56 Å². The van der Waals surface area contributed by atoms with Gasteiger partial charge in [0, 0.05) is 36.6 Å². The minimum Gasteiger partial charge on any atom is -0.508 e. The summed E-state index contributed by atoms with van der Waals surface area (Å²) in [6, 6.07) is 20.1. The van der Waals surface area contributed by atoms with Gasteiger partial charge in [0.1, 0.15) is 23.7 Å². The Morgan fingerprint density at radius 2 is 1.82 bits per heavy atom. The monoisotopic (exact) mass is 522 g/mol. The molecule has 1 fully saturated rings. The lowest BCUT2D eigenvalue weighted by Crippen LogP contribution is -2.65. The summed E-state index contributed by atoms with van der Waals surface area (Å²) >= 11 is 0. The number of hydrogen-bond acceptors (Lipinski definition) is 5. The molecule has 5 unspecified atom stereocenters. The number of methoxy groups -OCH3 is 1. The molecule has 200 valence electrons. The van der Waals surface area contributed by atoms with Crippen LogP contribution in [0.1, 0.15) is 33.5 Å². The third-order valence-electron chi connectivity index (χ3n) is 9.52. The number of aromatic hydroxyl groups is 1. The number of carbonyl (C=O) groups excluding carboxylic acids is 1. The number of piperidine rings is 1. The zero-order valence-electron chi connectivity index (χ0n) is 22.4. The van der Waals surface area contributed by atoms with Crippen molar-refractivity contribution in [3.05, 3.63) is 95.1 Å². The van der Waals surface area contributed by atoms with E-state index in [4.69, 9.17) is 9.47 Å². The number of likely N-dealkylation sites (tertiary alicyclic amines) is 1. The molecule has 39 heavy (non-hydrogen) atoms. The minimum absolute atomic E-state index is 0.0860. The maximum absolute atomic E-state index is 13.5. The summed E-state index contributed by atoms with van der Waals surface area (Å²) in [6.07, 6.45) is 7.01.